The van der Waals surface area contributed by atoms with E-state index in [0.29, 0.717) is 17.5 Å². The van der Waals surface area contributed by atoms with E-state index in [2.05, 4.69) is 5.32 Å². The van der Waals surface area contributed by atoms with Crippen molar-refractivity contribution < 1.29 is 19.2 Å². The van der Waals surface area contributed by atoms with Crippen molar-refractivity contribution in [2.45, 2.75) is 58.9 Å². The van der Waals surface area contributed by atoms with Crippen LogP contribution in [-0.4, -0.2) is 46.1 Å². The summed E-state index contributed by atoms with van der Waals surface area (Å²) in [5.41, 5.74) is 2.58. The smallest absolute Gasteiger partial charge is 0.324 e. The van der Waals surface area contributed by atoms with Crippen LogP contribution in [0.15, 0.2) is 18.2 Å². The quantitative estimate of drug-likeness (QED) is 0.576. The van der Waals surface area contributed by atoms with Crippen molar-refractivity contribution in [1.82, 2.24) is 9.80 Å². The predicted molar refractivity (Wildman–Crippen MR) is 112 cm³/mol. The van der Waals surface area contributed by atoms with E-state index in [-0.39, 0.29) is 12.0 Å². The SMILES string of the molecule is CCc1cccc(C)c1NC(=O)CN1C(=O)C(=O)N([C@@H](C)[C@H]2C[C@H]3CC[C@H]2C3)C1=O. The first-order valence-corrected chi connectivity index (χ1v) is 10.9. The zero-order valence-electron chi connectivity index (χ0n) is 17.8. The van der Waals surface area contributed by atoms with Crippen molar-refractivity contribution in [3.63, 3.8) is 0 Å². The summed E-state index contributed by atoms with van der Waals surface area (Å²) in [6.45, 7) is 5.29. The predicted octanol–water partition coefficient (Wildman–Crippen LogP) is 3.11. The minimum absolute atomic E-state index is 0.248. The molecule has 0 spiro atoms. The molecule has 0 aromatic heterocycles. The third kappa shape index (κ3) is 3.40. The highest BCUT2D eigenvalue weighted by Crippen LogP contribution is 2.50. The third-order valence-electron chi connectivity index (χ3n) is 7.21. The lowest BCUT2D eigenvalue weighted by Gasteiger charge is -2.32. The minimum Gasteiger partial charge on any atom is -0.324 e. The molecule has 1 aromatic carbocycles. The summed E-state index contributed by atoms with van der Waals surface area (Å²) in [5, 5.41) is 2.82. The number of rotatable bonds is 6. The van der Waals surface area contributed by atoms with Crippen molar-refractivity contribution in [2.24, 2.45) is 17.8 Å². The minimum atomic E-state index is -0.911. The zero-order chi connectivity index (χ0) is 21.6. The molecular formula is C23H29N3O4. The van der Waals surface area contributed by atoms with E-state index in [0.717, 1.165) is 46.6 Å². The molecule has 7 heteroatoms. The van der Waals surface area contributed by atoms with Gasteiger partial charge in [-0.1, -0.05) is 31.5 Å². The van der Waals surface area contributed by atoms with Crippen LogP contribution in [0.3, 0.4) is 0 Å². The van der Waals surface area contributed by atoms with Gasteiger partial charge < -0.3 is 5.32 Å². The molecule has 4 rings (SSSR count). The van der Waals surface area contributed by atoms with Gasteiger partial charge in [0.1, 0.15) is 6.54 Å². The molecule has 2 aliphatic carbocycles. The number of benzene rings is 1. The second-order valence-corrected chi connectivity index (χ2v) is 8.94. The molecule has 2 saturated carbocycles. The monoisotopic (exact) mass is 411 g/mol. The molecule has 1 N–H and O–H groups in total. The summed E-state index contributed by atoms with van der Waals surface area (Å²) in [6.07, 6.45) is 5.25. The number of anilines is 1. The zero-order valence-corrected chi connectivity index (χ0v) is 17.8. The molecule has 5 amide bonds. The van der Waals surface area contributed by atoms with E-state index < -0.39 is 30.3 Å². The maximum absolute atomic E-state index is 12.9. The Morgan fingerprint density at radius 2 is 1.93 bits per heavy atom. The van der Waals surface area contributed by atoms with E-state index in [9.17, 15) is 19.2 Å². The number of amides is 5. The van der Waals surface area contributed by atoms with Crippen molar-refractivity contribution >= 4 is 29.4 Å². The van der Waals surface area contributed by atoms with Crippen molar-refractivity contribution in [3.05, 3.63) is 29.3 Å². The Bertz CT molecular complexity index is 912. The Labute approximate surface area is 176 Å². The van der Waals surface area contributed by atoms with E-state index in [1.807, 2.05) is 39.0 Å². The Hall–Kier alpha value is -2.70. The van der Waals surface area contributed by atoms with Gasteiger partial charge in [0.15, 0.2) is 0 Å². The van der Waals surface area contributed by atoms with Gasteiger partial charge in [0, 0.05) is 11.7 Å². The van der Waals surface area contributed by atoms with Crippen molar-refractivity contribution in [2.75, 3.05) is 11.9 Å². The summed E-state index contributed by atoms with van der Waals surface area (Å²) in [7, 11) is 0. The Morgan fingerprint density at radius 1 is 1.17 bits per heavy atom. The number of hydrogen-bond acceptors (Lipinski definition) is 4. The summed E-state index contributed by atoms with van der Waals surface area (Å²) >= 11 is 0. The standard InChI is InChI=1S/C23H29N3O4/c1-4-16-7-5-6-13(2)20(16)24-19(27)12-25-21(28)22(29)26(23(25)30)14(3)18-11-15-8-9-17(18)10-15/h5-7,14-15,17-18H,4,8-12H2,1-3H3,(H,24,27)/t14-,15-,17-,18+/m0/s1. The van der Waals surface area contributed by atoms with Gasteiger partial charge in [-0.15, -0.1) is 0 Å². The normalized spacial score (nSPS) is 26.6. The molecule has 0 radical (unpaired) electrons. The highest BCUT2D eigenvalue weighted by molar-refractivity contribution is 6.45. The fraction of sp³-hybridized carbons (Fsp3) is 0.565. The highest BCUT2D eigenvalue weighted by atomic mass is 16.2. The molecule has 0 unspecified atom stereocenters. The Morgan fingerprint density at radius 3 is 2.57 bits per heavy atom. The van der Waals surface area contributed by atoms with Crippen molar-refractivity contribution in [1.29, 1.82) is 0 Å². The first-order valence-electron chi connectivity index (χ1n) is 10.9. The molecule has 30 heavy (non-hydrogen) atoms. The number of nitrogens with one attached hydrogen (secondary N) is 1. The number of carbonyl (C=O) groups is 4. The first kappa shape index (κ1) is 20.6. The first-order chi connectivity index (χ1) is 14.3. The lowest BCUT2D eigenvalue weighted by Crippen LogP contribution is -2.45. The van der Waals surface area contributed by atoms with Gasteiger partial charge in [-0.2, -0.15) is 0 Å². The second kappa shape index (κ2) is 7.85. The van der Waals surface area contributed by atoms with Crippen LogP contribution in [0.4, 0.5) is 10.5 Å². The van der Waals surface area contributed by atoms with Crippen LogP contribution >= 0.6 is 0 Å². The van der Waals surface area contributed by atoms with Crippen LogP contribution in [0.2, 0.25) is 0 Å². The van der Waals surface area contributed by atoms with Gasteiger partial charge in [-0.25, -0.2) is 9.69 Å². The van der Waals surface area contributed by atoms with Crippen LogP contribution in [0.5, 0.6) is 0 Å². The number of para-hydroxylation sites is 1. The molecule has 4 atom stereocenters. The summed E-state index contributed by atoms with van der Waals surface area (Å²) in [6, 6.07) is 4.75. The van der Waals surface area contributed by atoms with Crippen LogP contribution in [0.25, 0.3) is 0 Å². The highest BCUT2D eigenvalue weighted by Gasteiger charge is 2.52. The average Bonchev–Trinajstić information content (AvgIpc) is 3.40. The largest absolute Gasteiger partial charge is 0.334 e. The molecular weight excluding hydrogens is 382 g/mol. The molecule has 1 aliphatic heterocycles. The summed E-state index contributed by atoms with van der Waals surface area (Å²) < 4.78 is 0. The molecule has 3 aliphatic rings. The molecule has 160 valence electrons. The maximum atomic E-state index is 12.9. The van der Waals surface area contributed by atoms with E-state index in [1.54, 1.807) is 0 Å². The number of fused-ring (bicyclic) bond motifs is 2. The number of imide groups is 2. The van der Waals surface area contributed by atoms with Crippen LogP contribution in [0, 0.1) is 24.7 Å². The van der Waals surface area contributed by atoms with Crippen molar-refractivity contribution in [3.8, 4) is 0 Å². The molecule has 1 saturated heterocycles. The van der Waals surface area contributed by atoms with Gasteiger partial charge in [-0.05, 0) is 68.4 Å². The number of urea groups is 1. The van der Waals surface area contributed by atoms with Crippen LogP contribution in [0.1, 0.15) is 50.7 Å². The van der Waals surface area contributed by atoms with E-state index >= 15 is 0 Å². The fourth-order valence-corrected chi connectivity index (χ4v) is 5.62. The average molecular weight is 412 g/mol. The molecule has 3 fully saturated rings. The van der Waals surface area contributed by atoms with Gasteiger partial charge >= 0.3 is 17.8 Å². The van der Waals surface area contributed by atoms with Gasteiger partial charge in [0.2, 0.25) is 5.91 Å². The Balaban J connectivity index is 1.46. The van der Waals surface area contributed by atoms with E-state index in [4.69, 9.17) is 0 Å². The molecule has 7 nitrogen and oxygen atoms in total. The van der Waals surface area contributed by atoms with Gasteiger partial charge in [0.05, 0.1) is 0 Å². The molecule has 1 heterocycles. The number of carbonyl (C=O) groups excluding carboxylic acids is 4. The lowest BCUT2D eigenvalue weighted by atomic mass is 9.83. The molecule has 1 aromatic rings. The van der Waals surface area contributed by atoms with Crippen LogP contribution in [-0.2, 0) is 20.8 Å². The maximum Gasteiger partial charge on any atom is 0.334 e. The van der Waals surface area contributed by atoms with Gasteiger partial charge in [-0.3, -0.25) is 19.3 Å². The number of aryl methyl sites for hydroxylation is 2. The summed E-state index contributed by atoms with van der Waals surface area (Å²) in [4.78, 5) is 52.6. The van der Waals surface area contributed by atoms with Crippen LogP contribution < -0.4 is 5.32 Å². The Kier molecular flexibility index (Phi) is 5.38. The topological polar surface area (TPSA) is 86.8 Å². The fourth-order valence-electron chi connectivity index (χ4n) is 5.62. The third-order valence-corrected chi connectivity index (χ3v) is 7.21. The number of nitrogens with zero attached hydrogens (tertiary/aromatic N) is 2. The number of hydrogen-bond donors (Lipinski definition) is 1. The second-order valence-electron chi connectivity index (χ2n) is 8.94. The molecule has 2 bridgehead atoms. The summed E-state index contributed by atoms with van der Waals surface area (Å²) in [5.74, 6) is -0.764. The lowest BCUT2D eigenvalue weighted by molar-refractivity contribution is -0.144. The van der Waals surface area contributed by atoms with Gasteiger partial charge in [0.25, 0.3) is 0 Å². The van der Waals surface area contributed by atoms with E-state index in [1.165, 1.54) is 6.42 Å².